The fraction of sp³-hybridized carbons (Fsp3) is 0.471. The van der Waals surface area contributed by atoms with E-state index in [2.05, 4.69) is 11.9 Å². The first-order valence-corrected chi connectivity index (χ1v) is 9.52. The Morgan fingerprint density at radius 3 is 2.54 bits per heavy atom. The van der Waals surface area contributed by atoms with E-state index in [0.717, 1.165) is 12.8 Å². The number of carbonyl (C=O) groups excluding carboxylic acids is 1. The van der Waals surface area contributed by atoms with Gasteiger partial charge in [0, 0.05) is 18.8 Å². The molecule has 1 aliphatic heterocycles. The van der Waals surface area contributed by atoms with Gasteiger partial charge in [-0.25, -0.2) is 8.42 Å². The number of benzene rings is 1. The number of hydrogen-bond acceptors (Lipinski definition) is 4. The number of nitrogens with one attached hydrogen (secondary N) is 1. The van der Waals surface area contributed by atoms with Gasteiger partial charge in [-0.05, 0) is 50.5 Å². The summed E-state index contributed by atoms with van der Waals surface area (Å²) in [6, 6.07) is 6.23. The van der Waals surface area contributed by atoms with E-state index >= 15 is 0 Å². The molecule has 1 aromatic carbocycles. The van der Waals surface area contributed by atoms with Gasteiger partial charge in [0.05, 0.1) is 11.5 Å². The maximum absolute atomic E-state index is 12.4. The maximum Gasteiger partial charge on any atom is 0.253 e. The summed E-state index contributed by atoms with van der Waals surface area (Å²) in [6.45, 7) is 6.84. The van der Waals surface area contributed by atoms with Crippen LogP contribution in [0.25, 0.3) is 0 Å². The van der Waals surface area contributed by atoms with Crippen molar-refractivity contribution >= 4 is 21.6 Å². The fourth-order valence-electron chi connectivity index (χ4n) is 2.44. The first-order valence-electron chi connectivity index (χ1n) is 8.08. The Balaban J connectivity index is 1.96. The summed E-state index contributed by atoms with van der Waals surface area (Å²) >= 11 is 0. The van der Waals surface area contributed by atoms with Gasteiger partial charge < -0.3 is 10.1 Å². The van der Waals surface area contributed by atoms with E-state index in [0.29, 0.717) is 31.8 Å². The number of nitrogens with zero attached hydrogens (tertiary/aromatic N) is 1. The minimum Gasteiger partial charge on any atom is -0.368 e. The second-order valence-electron chi connectivity index (χ2n) is 5.72. The Morgan fingerprint density at radius 2 is 1.96 bits per heavy atom. The Labute approximate surface area is 143 Å². The molecule has 0 aliphatic carbocycles. The summed E-state index contributed by atoms with van der Waals surface area (Å²) in [4.78, 5) is 12.3. The zero-order chi connectivity index (χ0) is 17.6. The molecule has 24 heavy (non-hydrogen) atoms. The lowest BCUT2D eigenvalue weighted by Crippen LogP contribution is -2.28. The lowest BCUT2D eigenvalue weighted by Gasteiger charge is -2.16. The van der Waals surface area contributed by atoms with Crippen LogP contribution in [-0.2, 0) is 19.6 Å². The third kappa shape index (κ3) is 4.66. The molecule has 6 nitrogen and oxygen atoms in total. The van der Waals surface area contributed by atoms with Crippen molar-refractivity contribution in [1.29, 1.82) is 0 Å². The SMILES string of the molecule is C=CCCOC(C)C(=O)Nc1ccc(S(=O)(=O)N2CCCC2)cc1. The lowest BCUT2D eigenvalue weighted by molar-refractivity contribution is -0.126. The predicted molar refractivity (Wildman–Crippen MR) is 93.3 cm³/mol. The van der Waals surface area contributed by atoms with E-state index in [1.165, 1.54) is 16.4 Å². The standard InChI is InChI=1S/C17H24N2O4S/c1-3-4-13-23-14(2)17(20)18-15-7-9-16(10-8-15)24(21,22)19-11-5-6-12-19/h3,7-10,14H,1,4-6,11-13H2,2H3,(H,18,20). The van der Waals surface area contributed by atoms with Crippen molar-refractivity contribution in [3.8, 4) is 0 Å². The largest absolute Gasteiger partial charge is 0.368 e. The van der Waals surface area contributed by atoms with E-state index in [9.17, 15) is 13.2 Å². The molecule has 0 spiro atoms. The molecule has 1 saturated heterocycles. The maximum atomic E-state index is 12.4. The summed E-state index contributed by atoms with van der Waals surface area (Å²) in [5.74, 6) is -0.269. The van der Waals surface area contributed by atoms with Gasteiger partial charge in [0.1, 0.15) is 6.10 Å². The molecule has 1 atom stereocenters. The zero-order valence-corrected chi connectivity index (χ0v) is 14.7. The highest BCUT2D eigenvalue weighted by atomic mass is 32.2. The van der Waals surface area contributed by atoms with E-state index in [-0.39, 0.29) is 10.8 Å². The smallest absolute Gasteiger partial charge is 0.253 e. The molecule has 7 heteroatoms. The van der Waals surface area contributed by atoms with Gasteiger partial charge in [0.25, 0.3) is 5.91 Å². The van der Waals surface area contributed by atoms with Crippen LogP contribution in [0, 0.1) is 0 Å². The summed E-state index contributed by atoms with van der Waals surface area (Å²) in [5.41, 5.74) is 0.541. The molecule has 0 saturated carbocycles. The molecular formula is C17H24N2O4S. The number of carbonyl (C=O) groups is 1. The fourth-order valence-corrected chi connectivity index (χ4v) is 3.95. The molecule has 1 aliphatic rings. The zero-order valence-electron chi connectivity index (χ0n) is 13.9. The van der Waals surface area contributed by atoms with Crippen LogP contribution in [-0.4, -0.2) is 44.4 Å². The molecular weight excluding hydrogens is 328 g/mol. The molecule has 1 heterocycles. The molecule has 1 aromatic rings. The summed E-state index contributed by atoms with van der Waals surface area (Å²) in [5, 5.41) is 2.72. The van der Waals surface area contributed by atoms with Gasteiger partial charge in [0.15, 0.2) is 0 Å². The molecule has 0 aromatic heterocycles. The summed E-state index contributed by atoms with van der Waals surface area (Å²) in [6.07, 6.45) is 3.62. The third-order valence-corrected chi connectivity index (χ3v) is 5.80. The molecule has 1 amide bonds. The van der Waals surface area contributed by atoms with Gasteiger partial charge in [-0.3, -0.25) is 4.79 Å². The van der Waals surface area contributed by atoms with Gasteiger partial charge >= 0.3 is 0 Å². The molecule has 1 N–H and O–H groups in total. The Kier molecular flexibility index (Phi) is 6.53. The van der Waals surface area contributed by atoms with Crippen molar-refractivity contribution in [3.63, 3.8) is 0 Å². The average Bonchev–Trinajstić information content (AvgIpc) is 3.10. The number of sulfonamides is 1. The Bertz CT molecular complexity index is 664. The van der Waals surface area contributed by atoms with Gasteiger partial charge in [-0.1, -0.05) is 6.08 Å². The van der Waals surface area contributed by atoms with E-state index < -0.39 is 16.1 Å². The summed E-state index contributed by atoms with van der Waals surface area (Å²) in [7, 11) is -3.43. The van der Waals surface area contributed by atoms with Crippen LogP contribution in [0.2, 0.25) is 0 Å². The lowest BCUT2D eigenvalue weighted by atomic mass is 10.3. The normalized spacial score (nSPS) is 16.7. The van der Waals surface area contributed by atoms with E-state index in [1.807, 2.05) is 0 Å². The van der Waals surface area contributed by atoms with Crippen molar-refractivity contribution < 1.29 is 17.9 Å². The molecule has 132 valence electrons. The van der Waals surface area contributed by atoms with Crippen molar-refractivity contribution in [3.05, 3.63) is 36.9 Å². The highest BCUT2D eigenvalue weighted by Gasteiger charge is 2.27. The molecule has 0 bridgehead atoms. The Hall–Kier alpha value is -1.70. The molecule has 0 radical (unpaired) electrons. The van der Waals surface area contributed by atoms with Crippen LogP contribution in [0.4, 0.5) is 5.69 Å². The summed E-state index contributed by atoms with van der Waals surface area (Å²) < 4.78 is 31.7. The van der Waals surface area contributed by atoms with Crippen molar-refractivity contribution in [2.45, 2.75) is 37.2 Å². The minimum atomic E-state index is -3.43. The second kappa shape index (κ2) is 8.41. The third-order valence-electron chi connectivity index (χ3n) is 3.88. The van der Waals surface area contributed by atoms with Crippen LogP contribution in [0.1, 0.15) is 26.2 Å². The Morgan fingerprint density at radius 1 is 1.33 bits per heavy atom. The van der Waals surface area contributed by atoms with Crippen LogP contribution >= 0.6 is 0 Å². The number of hydrogen-bond donors (Lipinski definition) is 1. The first-order chi connectivity index (χ1) is 11.4. The topological polar surface area (TPSA) is 75.7 Å². The highest BCUT2D eigenvalue weighted by Crippen LogP contribution is 2.22. The van der Waals surface area contributed by atoms with Gasteiger partial charge in [-0.2, -0.15) is 4.31 Å². The van der Waals surface area contributed by atoms with Crippen molar-refractivity contribution in [2.24, 2.45) is 0 Å². The number of ether oxygens (including phenoxy) is 1. The average molecular weight is 352 g/mol. The number of amides is 1. The number of rotatable bonds is 8. The van der Waals surface area contributed by atoms with Gasteiger partial charge in [0.2, 0.25) is 10.0 Å². The first kappa shape index (κ1) is 18.6. The van der Waals surface area contributed by atoms with Crippen LogP contribution in [0.15, 0.2) is 41.8 Å². The van der Waals surface area contributed by atoms with Crippen LogP contribution in [0.5, 0.6) is 0 Å². The van der Waals surface area contributed by atoms with Crippen molar-refractivity contribution in [1.82, 2.24) is 4.31 Å². The number of anilines is 1. The van der Waals surface area contributed by atoms with Crippen LogP contribution < -0.4 is 5.32 Å². The molecule has 2 rings (SSSR count). The minimum absolute atomic E-state index is 0.248. The quantitative estimate of drug-likeness (QED) is 0.576. The molecule has 1 fully saturated rings. The monoisotopic (exact) mass is 352 g/mol. The highest BCUT2D eigenvalue weighted by molar-refractivity contribution is 7.89. The van der Waals surface area contributed by atoms with E-state index in [4.69, 9.17) is 4.74 Å². The predicted octanol–water partition coefficient (Wildman–Crippen LogP) is 2.39. The van der Waals surface area contributed by atoms with Crippen molar-refractivity contribution in [2.75, 3.05) is 25.0 Å². The second-order valence-corrected chi connectivity index (χ2v) is 7.65. The molecule has 1 unspecified atom stereocenters. The van der Waals surface area contributed by atoms with Crippen LogP contribution in [0.3, 0.4) is 0 Å². The van der Waals surface area contributed by atoms with Gasteiger partial charge in [-0.15, -0.1) is 6.58 Å². The van der Waals surface area contributed by atoms with E-state index in [1.54, 1.807) is 25.1 Å².